The number of carbonyl (C=O) groups excluding carboxylic acids is 1. The van der Waals surface area contributed by atoms with Crippen molar-refractivity contribution in [1.82, 2.24) is 5.32 Å². The molecule has 3 nitrogen and oxygen atoms in total. The summed E-state index contributed by atoms with van der Waals surface area (Å²) < 4.78 is 6.25. The van der Waals surface area contributed by atoms with Gasteiger partial charge in [0.1, 0.15) is 0 Å². The van der Waals surface area contributed by atoms with Crippen molar-refractivity contribution in [3.05, 3.63) is 34.3 Å². The van der Waals surface area contributed by atoms with Crippen molar-refractivity contribution in [2.75, 3.05) is 0 Å². The molecule has 1 aliphatic heterocycles. The molecule has 2 rings (SSSR count). The van der Waals surface area contributed by atoms with E-state index in [4.69, 9.17) is 4.74 Å². The molecule has 1 fully saturated rings. The molecular formula is C11H12BrNO2. The fourth-order valence-corrected chi connectivity index (χ4v) is 2.00. The summed E-state index contributed by atoms with van der Waals surface area (Å²) in [5.41, 5.74) is 0.645. The van der Waals surface area contributed by atoms with Crippen LogP contribution in [0.15, 0.2) is 28.7 Å². The average molecular weight is 270 g/mol. The van der Waals surface area contributed by atoms with Crippen LogP contribution in [0.3, 0.4) is 0 Å². The van der Waals surface area contributed by atoms with E-state index in [1.807, 2.05) is 38.1 Å². The molecule has 0 bridgehead atoms. The third-order valence-corrected chi connectivity index (χ3v) is 3.01. The van der Waals surface area contributed by atoms with Gasteiger partial charge in [-0.25, -0.2) is 4.79 Å². The lowest BCUT2D eigenvalue weighted by Crippen LogP contribution is -2.38. The summed E-state index contributed by atoms with van der Waals surface area (Å²) in [6.45, 7) is 3.90. The maximum Gasteiger partial charge on any atom is 0.408 e. The SMILES string of the molecule is CC1(C)NC(=O)O[C@H]1c1ccc(Br)cc1. The van der Waals surface area contributed by atoms with Crippen molar-refractivity contribution in [2.24, 2.45) is 0 Å². The lowest BCUT2D eigenvalue weighted by molar-refractivity contribution is 0.118. The summed E-state index contributed by atoms with van der Waals surface area (Å²) in [4.78, 5) is 11.2. The molecule has 1 atom stereocenters. The number of rotatable bonds is 1. The molecule has 1 saturated heterocycles. The largest absolute Gasteiger partial charge is 0.439 e. The third kappa shape index (κ3) is 2.00. The fraction of sp³-hybridized carbons (Fsp3) is 0.364. The zero-order valence-electron chi connectivity index (χ0n) is 8.58. The van der Waals surface area contributed by atoms with Crippen LogP contribution in [0.4, 0.5) is 4.79 Å². The van der Waals surface area contributed by atoms with E-state index < -0.39 is 0 Å². The Bertz CT molecular complexity index is 386. The second kappa shape index (κ2) is 3.52. The van der Waals surface area contributed by atoms with Crippen LogP contribution in [0.25, 0.3) is 0 Å². The Hall–Kier alpha value is -1.03. The van der Waals surface area contributed by atoms with E-state index in [1.54, 1.807) is 0 Å². The summed E-state index contributed by atoms with van der Waals surface area (Å²) in [5.74, 6) is 0. The molecule has 1 N–H and O–H groups in total. The Morgan fingerprint density at radius 2 is 1.93 bits per heavy atom. The number of amides is 1. The molecule has 80 valence electrons. The predicted molar refractivity (Wildman–Crippen MR) is 60.6 cm³/mol. The highest BCUT2D eigenvalue weighted by Crippen LogP contribution is 2.34. The van der Waals surface area contributed by atoms with Gasteiger partial charge in [0.25, 0.3) is 0 Å². The first kappa shape index (κ1) is 10.5. The third-order valence-electron chi connectivity index (χ3n) is 2.48. The molecule has 0 radical (unpaired) electrons. The van der Waals surface area contributed by atoms with E-state index in [0.29, 0.717) is 0 Å². The van der Waals surface area contributed by atoms with Gasteiger partial charge in [0.15, 0.2) is 6.10 Å². The summed E-state index contributed by atoms with van der Waals surface area (Å²) in [5, 5.41) is 2.78. The number of benzene rings is 1. The topological polar surface area (TPSA) is 38.3 Å². The van der Waals surface area contributed by atoms with E-state index in [-0.39, 0.29) is 17.7 Å². The van der Waals surface area contributed by atoms with Gasteiger partial charge < -0.3 is 10.1 Å². The van der Waals surface area contributed by atoms with Gasteiger partial charge in [-0.3, -0.25) is 0 Å². The van der Waals surface area contributed by atoms with Crippen LogP contribution in [-0.4, -0.2) is 11.6 Å². The Morgan fingerprint density at radius 1 is 1.33 bits per heavy atom. The van der Waals surface area contributed by atoms with E-state index in [1.165, 1.54) is 0 Å². The van der Waals surface area contributed by atoms with E-state index in [0.717, 1.165) is 10.0 Å². The van der Waals surface area contributed by atoms with Crippen LogP contribution in [0.2, 0.25) is 0 Å². The van der Waals surface area contributed by atoms with Crippen molar-refractivity contribution in [3.8, 4) is 0 Å². The Balaban J connectivity index is 2.31. The Morgan fingerprint density at radius 3 is 2.40 bits per heavy atom. The highest BCUT2D eigenvalue weighted by atomic mass is 79.9. The maximum atomic E-state index is 11.2. The van der Waals surface area contributed by atoms with Crippen molar-refractivity contribution < 1.29 is 9.53 Å². The minimum Gasteiger partial charge on any atom is -0.439 e. The minimum atomic E-state index is -0.356. The molecular weight excluding hydrogens is 258 g/mol. The van der Waals surface area contributed by atoms with Gasteiger partial charge in [-0.15, -0.1) is 0 Å². The van der Waals surface area contributed by atoms with Crippen molar-refractivity contribution >= 4 is 22.0 Å². The Kier molecular flexibility index (Phi) is 2.46. The average Bonchev–Trinajstić information content (AvgIpc) is 2.41. The molecule has 0 aromatic heterocycles. The molecule has 1 aromatic rings. The maximum absolute atomic E-state index is 11.2. The number of hydrogen-bond donors (Lipinski definition) is 1. The molecule has 0 unspecified atom stereocenters. The Labute approximate surface area is 96.9 Å². The normalized spacial score (nSPS) is 23.4. The first-order valence-electron chi connectivity index (χ1n) is 4.73. The number of hydrogen-bond acceptors (Lipinski definition) is 2. The number of alkyl carbamates (subject to hydrolysis) is 1. The minimum absolute atomic E-state index is 0.224. The zero-order chi connectivity index (χ0) is 11.1. The lowest BCUT2D eigenvalue weighted by atomic mass is 9.92. The van der Waals surface area contributed by atoms with Crippen molar-refractivity contribution in [3.63, 3.8) is 0 Å². The summed E-state index contributed by atoms with van der Waals surface area (Å²) in [7, 11) is 0. The molecule has 1 heterocycles. The van der Waals surface area contributed by atoms with Crippen LogP contribution >= 0.6 is 15.9 Å². The van der Waals surface area contributed by atoms with Crippen molar-refractivity contribution in [2.45, 2.75) is 25.5 Å². The number of nitrogens with one attached hydrogen (secondary N) is 1. The number of cyclic esters (lactones) is 1. The van der Waals surface area contributed by atoms with Gasteiger partial charge in [-0.1, -0.05) is 28.1 Å². The second-order valence-corrected chi connectivity index (χ2v) is 5.10. The predicted octanol–water partition coefficient (Wildman–Crippen LogP) is 3.01. The second-order valence-electron chi connectivity index (χ2n) is 4.18. The number of ether oxygens (including phenoxy) is 1. The van der Waals surface area contributed by atoms with E-state index in [2.05, 4.69) is 21.2 Å². The van der Waals surface area contributed by atoms with Gasteiger partial charge in [-0.2, -0.15) is 0 Å². The summed E-state index contributed by atoms with van der Waals surface area (Å²) in [6.07, 6.45) is -0.578. The number of halogens is 1. The molecule has 0 aliphatic carbocycles. The summed E-state index contributed by atoms with van der Waals surface area (Å²) >= 11 is 3.37. The molecule has 15 heavy (non-hydrogen) atoms. The van der Waals surface area contributed by atoms with Crippen LogP contribution in [0.1, 0.15) is 25.5 Å². The molecule has 0 saturated carbocycles. The molecule has 1 aliphatic rings. The van der Waals surface area contributed by atoms with Gasteiger partial charge in [0, 0.05) is 4.47 Å². The molecule has 0 spiro atoms. The lowest BCUT2D eigenvalue weighted by Gasteiger charge is -2.23. The van der Waals surface area contributed by atoms with Gasteiger partial charge in [-0.05, 0) is 31.5 Å². The van der Waals surface area contributed by atoms with Crippen LogP contribution in [0, 0.1) is 0 Å². The fourth-order valence-electron chi connectivity index (χ4n) is 1.73. The smallest absolute Gasteiger partial charge is 0.408 e. The van der Waals surface area contributed by atoms with Crippen LogP contribution < -0.4 is 5.32 Å². The van der Waals surface area contributed by atoms with Crippen LogP contribution in [0.5, 0.6) is 0 Å². The highest BCUT2D eigenvalue weighted by Gasteiger charge is 2.41. The van der Waals surface area contributed by atoms with Gasteiger partial charge >= 0.3 is 6.09 Å². The van der Waals surface area contributed by atoms with Crippen molar-refractivity contribution in [1.29, 1.82) is 0 Å². The van der Waals surface area contributed by atoms with E-state index in [9.17, 15) is 4.79 Å². The first-order valence-corrected chi connectivity index (χ1v) is 5.52. The standard InChI is InChI=1S/C11H12BrNO2/c1-11(2)9(15-10(14)13-11)7-3-5-8(12)6-4-7/h3-6,9H,1-2H3,(H,13,14)/t9-/m0/s1. The first-order chi connectivity index (χ1) is 6.99. The van der Waals surface area contributed by atoms with Gasteiger partial charge in [0.05, 0.1) is 5.54 Å². The number of carbonyl (C=O) groups is 1. The zero-order valence-corrected chi connectivity index (χ0v) is 10.2. The monoisotopic (exact) mass is 269 g/mol. The molecule has 1 amide bonds. The molecule has 4 heteroatoms. The summed E-state index contributed by atoms with van der Waals surface area (Å²) in [6, 6.07) is 7.79. The van der Waals surface area contributed by atoms with E-state index >= 15 is 0 Å². The van der Waals surface area contributed by atoms with Crippen LogP contribution in [-0.2, 0) is 4.74 Å². The highest BCUT2D eigenvalue weighted by molar-refractivity contribution is 9.10. The quantitative estimate of drug-likeness (QED) is 0.851. The molecule has 1 aromatic carbocycles. The van der Waals surface area contributed by atoms with Gasteiger partial charge in [0.2, 0.25) is 0 Å².